The van der Waals surface area contributed by atoms with E-state index in [0.29, 0.717) is 31.6 Å². The summed E-state index contributed by atoms with van der Waals surface area (Å²) in [5.74, 6) is -2.26. The second-order valence-corrected chi connectivity index (χ2v) is 9.89. The molecule has 5 atom stereocenters. The average molecular weight is 486 g/mol. The van der Waals surface area contributed by atoms with Crippen molar-refractivity contribution in [3.63, 3.8) is 0 Å². The number of hydrogen-bond donors (Lipinski definition) is 3. The molecule has 9 heteroatoms. The van der Waals surface area contributed by atoms with Gasteiger partial charge in [0.15, 0.2) is 0 Å². The highest BCUT2D eigenvalue weighted by Gasteiger charge is 2.40. The predicted octanol–water partition coefficient (Wildman–Crippen LogP) is 1.86. The number of likely N-dealkylation sites (tertiary alicyclic amines) is 1. The lowest BCUT2D eigenvalue weighted by atomic mass is 9.95. The van der Waals surface area contributed by atoms with Gasteiger partial charge in [-0.15, -0.1) is 0 Å². The molecule has 1 heterocycles. The van der Waals surface area contributed by atoms with Crippen LogP contribution < -0.4 is 10.6 Å². The van der Waals surface area contributed by atoms with Crippen LogP contribution in [-0.2, 0) is 24.0 Å². The van der Waals surface area contributed by atoms with E-state index in [1.54, 1.807) is 0 Å². The Morgan fingerprint density at radius 2 is 1.77 bits per heavy atom. The summed E-state index contributed by atoms with van der Waals surface area (Å²) in [6, 6.07) is 7.40. The van der Waals surface area contributed by atoms with Crippen molar-refractivity contribution in [2.75, 3.05) is 6.54 Å². The van der Waals surface area contributed by atoms with Gasteiger partial charge in [-0.25, -0.2) is 0 Å². The number of carboxylic acid groups (broad SMARTS) is 1. The minimum Gasteiger partial charge on any atom is -0.481 e. The van der Waals surface area contributed by atoms with E-state index >= 15 is 0 Å². The number of nitrogens with zero attached hydrogens (tertiary/aromatic N) is 1. The van der Waals surface area contributed by atoms with Crippen molar-refractivity contribution >= 4 is 30.0 Å². The lowest BCUT2D eigenvalue weighted by Crippen LogP contribution is -2.56. The molecule has 0 spiro atoms. The third-order valence-corrected chi connectivity index (χ3v) is 7.03. The van der Waals surface area contributed by atoms with Crippen LogP contribution in [0.25, 0.3) is 0 Å². The summed E-state index contributed by atoms with van der Waals surface area (Å²) >= 11 is 0. The second kappa shape index (κ2) is 12.0. The predicted molar refractivity (Wildman–Crippen MR) is 128 cm³/mol. The fraction of sp³-hybridized carbons (Fsp3) is 0.577. The zero-order chi connectivity index (χ0) is 25.5. The highest BCUT2D eigenvalue weighted by Crippen LogP contribution is 2.38. The second-order valence-electron chi connectivity index (χ2n) is 9.89. The van der Waals surface area contributed by atoms with Gasteiger partial charge in [0.05, 0.1) is 12.5 Å². The number of benzene rings is 1. The number of rotatable bonds is 10. The molecule has 1 aliphatic carbocycles. The number of aliphatic carboxylic acids is 1. The minimum atomic E-state index is -1.20. The van der Waals surface area contributed by atoms with E-state index in [1.807, 2.05) is 32.0 Å². The van der Waals surface area contributed by atoms with Gasteiger partial charge in [0.1, 0.15) is 18.4 Å². The first-order valence-corrected chi connectivity index (χ1v) is 12.3. The molecule has 2 fully saturated rings. The first-order valence-electron chi connectivity index (χ1n) is 12.3. The molecule has 1 aromatic rings. The standard InChI is InChI=1S/C26H35N3O6/c1-16(2)23(28-24(33)19-11-10-18(13-19)17-7-4-3-5-8-17)26(35)29-12-6-9-21(29)25(34)27-20(15-30)14-22(31)32/h3-5,7-8,15-16,18-21,23H,6,9-14H2,1-2H3,(H,27,34)(H,28,33)(H,31,32)/t18?,19?,20-,21-,23-/m0/s1. The van der Waals surface area contributed by atoms with Gasteiger partial charge in [0.2, 0.25) is 17.7 Å². The average Bonchev–Trinajstić information content (AvgIpc) is 3.52. The van der Waals surface area contributed by atoms with Crippen LogP contribution in [0, 0.1) is 11.8 Å². The van der Waals surface area contributed by atoms with E-state index in [1.165, 1.54) is 10.5 Å². The van der Waals surface area contributed by atoms with Crippen molar-refractivity contribution in [1.29, 1.82) is 0 Å². The molecular weight excluding hydrogens is 450 g/mol. The highest BCUT2D eigenvalue weighted by molar-refractivity contribution is 5.94. The Bertz CT molecular complexity index is 934. The zero-order valence-corrected chi connectivity index (χ0v) is 20.3. The SMILES string of the molecule is CC(C)[C@H](NC(=O)C1CCC(c2ccccc2)C1)C(=O)N1CCC[C@H]1C(=O)N[C@H](C=O)CC(=O)O. The third kappa shape index (κ3) is 6.68. The molecule has 1 saturated carbocycles. The topological polar surface area (TPSA) is 133 Å². The van der Waals surface area contributed by atoms with Crippen LogP contribution in [0.4, 0.5) is 0 Å². The minimum absolute atomic E-state index is 0.141. The molecule has 1 saturated heterocycles. The van der Waals surface area contributed by atoms with E-state index in [9.17, 15) is 24.0 Å². The molecular formula is C26H35N3O6. The molecule has 35 heavy (non-hydrogen) atoms. The molecule has 3 amide bonds. The van der Waals surface area contributed by atoms with E-state index in [0.717, 1.165) is 19.3 Å². The normalized spacial score (nSPS) is 23.5. The molecule has 190 valence electrons. The van der Waals surface area contributed by atoms with Gasteiger partial charge in [-0.05, 0) is 49.5 Å². The number of carbonyl (C=O) groups excluding carboxylic acids is 4. The first kappa shape index (κ1) is 26.4. The van der Waals surface area contributed by atoms with E-state index < -0.39 is 36.4 Å². The zero-order valence-electron chi connectivity index (χ0n) is 20.3. The third-order valence-electron chi connectivity index (χ3n) is 7.03. The molecule has 1 aromatic carbocycles. The Hall–Kier alpha value is -3.23. The summed E-state index contributed by atoms with van der Waals surface area (Å²) in [5, 5.41) is 14.3. The quantitative estimate of drug-likeness (QED) is 0.433. The molecule has 3 rings (SSSR count). The smallest absolute Gasteiger partial charge is 0.305 e. The number of aldehydes is 1. The molecule has 3 N–H and O–H groups in total. The van der Waals surface area contributed by atoms with Crippen LogP contribution in [-0.4, -0.2) is 64.7 Å². The monoisotopic (exact) mass is 485 g/mol. The lowest BCUT2D eigenvalue weighted by molar-refractivity contribution is -0.143. The summed E-state index contributed by atoms with van der Waals surface area (Å²) in [7, 11) is 0. The molecule has 0 aromatic heterocycles. The maximum absolute atomic E-state index is 13.4. The van der Waals surface area contributed by atoms with Gasteiger partial charge in [-0.2, -0.15) is 0 Å². The Labute approximate surface area is 205 Å². The van der Waals surface area contributed by atoms with Gasteiger partial charge < -0.3 is 25.4 Å². The molecule has 2 aliphatic rings. The van der Waals surface area contributed by atoms with Crippen molar-refractivity contribution in [3.05, 3.63) is 35.9 Å². The van der Waals surface area contributed by atoms with Crippen molar-refractivity contribution in [1.82, 2.24) is 15.5 Å². The molecule has 1 aliphatic heterocycles. The van der Waals surface area contributed by atoms with Crippen LogP contribution in [0.1, 0.15) is 63.9 Å². The van der Waals surface area contributed by atoms with Crippen molar-refractivity contribution in [2.24, 2.45) is 11.8 Å². The van der Waals surface area contributed by atoms with Gasteiger partial charge in [0.25, 0.3) is 0 Å². The van der Waals surface area contributed by atoms with Crippen molar-refractivity contribution in [2.45, 2.75) is 76.4 Å². The summed E-state index contributed by atoms with van der Waals surface area (Å²) in [6.07, 6.45) is 3.30. The largest absolute Gasteiger partial charge is 0.481 e. The van der Waals surface area contributed by atoms with Gasteiger partial charge in [-0.1, -0.05) is 44.2 Å². The van der Waals surface area contributed by atoms with Crippen molar-refractivity contribution < 1.29 is 29.1 Å². The van der Waals surface area contributed by atoms with E-state index in [2.05, 4.69) is 22.8 Å². The number of carbonyl (C=O) groups is 5. The Morgan fingerprint density at radius 1 is 1.06 bits per heavy atom. The highest BCUT2D eigenvalue weighted by atomic mass is 16.4. The van der Waals surface area contributed by atoms with Crippen molar-refractivity contribution in [3.8, 4) is 0 Å². The van der Waals surface area contributed by atoms with E-state index in [4.69, 9.17) is 5.11 Å². The lowest BCUT2D eigenvalue weighted by Gasteiger charge is -2.31. The Balaban J connectivity index is 1.63. The molecule has 0 bridgehead atoms. The van der Waals surface area contributed by atoms with Crippen LogP contribution in [0.3, 0.4) is 0 Å². The molecule has 9 nitrogen and oxygen atoms in total. The molecule has 0 radical (unpaired) electrons. The Kier molecular flexibility index (Phi) is 9.01. The van der Waals surface area contributed by atoms with Gasteiger partial charge >= 0.3 is 5.97 Å². The maximum atomic E-state index is 13.4. The van der Waals surface area contributed by atoms with Crippen LogP contribution in [0.2, 0.25) is 0 Å². The van der Waals surface area contributed by atoms with Crippen LogP contribution in [0.5, 0.6) is 0 Å². The molecule has 2 unspecified atom stereocenters. The summed E-state index contributed by atoms with van der Waals surface area (Å²) < 4.78 is 0. The first-order chi connectivity index (χ1) is 16.7. The van der Waals surface area contributed by atoms with Crippen LogP contribution >= 0.6 is 0 Å². The Morgan fingerprint density at radius 3 is 2.40 bits per heavy atom. The number of nitrogens with one attached hydrogen (secondary N) is 2. The van der Waals surface area contributed by atoms with E-state index in [-0.39, 0.29) is 23.7 Å². The fourth-order valence-electron chi connectivity index (χ4n) is 5.11. The summed E-state index contributed by atoms with van der Waals surface area (Å²) in [5.41, 5.74) is 1.22. The summed E-state index contributed by atoms with van der Waals surface area (Å²) in [6.45, 7) is 4.07. The maximum Gasteiger partial charge on any atom is 0.305 e. The number of hydrogen-bond acceptors (Lipinski definition) is 5. The number of amides is 3. The van der Waals surface area contributed by atoms with Gasteiger partial charge in [0, 0.05) is 12.5 Å². The fourth-order valence-corrected chi connectivity index (χ4v) is 5.11. The summed E-state index contributed by atoms with van der Waals surface area (Å²) in [4.78, 5) is 62.8. The van der Waals surface area contributed by atoms with Crippen LogP contribution in [0.15, 0.2) is 30.3 Å². The van der Waals surface area contributed by atoms with Gasteiger partial charge in [-0.3, -0.25) is 19.2 Å². The number of carboxylic acids is 1.